The summed E-state index contributed by atoms with van der Waals surface area (Å²) in [6, 6.07) is 6.75. The summed E-state index contributed by atoms with van der Waals surface area (Å²) in [5.41, 5.74) is 0.443. The third kappa shape index (κ3) is 3.92. The molecule has 0 bridgehead atoms. The van der Waals surface area contributed by atoms with Gasteiger partial charge in [-0.25, -0.2) is 4.79 Å². The zero-order valence-electron chi connectivity index (χ0n) is 12.8. The highest BCUT2D eigenvalue weighted by Gasteiger charge is 2.39. The van der Waals surface area contributed by atoms with E-state index in [9.17, 15) is 9.90 Å². The summed E-state index contributed by atoms with van der Waals surface area (Å²) in [6.45, 7) is 2.30. The Morgan fingerprint density at radius 3 is 2.86 bits per heavy atom. The Morgan fingerprint density at radius 2 is 2.23 bits per heavy atom. The van der Waals surface area contributed by atoms with Crippen molar-refractivity contribution in [1.82, 2.24) is 5.32 Å². The third-order valence-electron chi connectivity index (χ3n) is 4.18. The zero-order chi connectivity index (χ0) is 16.0. The Balaban J connectivity index is 1.88. The number of carbonyl (C=O) groups is 1. The first-order valence-corrected chi connectivity index (χ1v) is 7.42. The number of anilines is 1. The summed E-state index contributed by atoms with van der Waals surface area (Å²) >= 11 is 0. The molecule has 0 spiro atoms. The number of carbonyl (C=O) groups excluding carboxylic acids is 1. The van der Waals surface area contributed by atoms with Gasteiger partial charge in [-0.3, -0.25) is 0 Å². The van der Waals surface area contributed by atoms with Gasteiger partial charge < -0.3 is 20.5 Å². The fourth-order valence-corrected chi connectivity index (χ4v) is 2.75. The van der Waals surface area contributed by atoms with Crippen molar-refractivity contribution in [2.24, 2.45) is 5.41 Å². The highest BCUT2D eigenvalue weighted by Crippen LogP contribution is 2.37. The lowest BCUT2D eigenvalue weighted by Crippen LogP contribution is -2.46. The van der Waals surface area contributed by atoms with Gasteiger partial charge in [0, 0.05) is 17.1 Å². The van der Waals surface area contributed by atoms with Crippen molar-refractivity contribution in [3.8, 4) is 18.1 Å². The molecule has 2 unspecified atom stereocenters. The van der Waals surface area contributed by atoms with Gasteiger partial charge in [-0.15, -0.1) is 6.42 Å². The monoisotopic (exact) mass is 302 g/mol. The van der Waals surface area contributed by atoms with Crippen LogP contribution in [0.2, 0.25) is 0 Å². The van der Waals surface area contributed by atoms with Crippen molar-refractivity contribution in [2.75, 3.05) is 18.5 Å². The number of nitrogens with one attached hydrogen (secondary N) is 2. The highest BCUT2D eigenvalue weighted by molar-refractivity contribution is 5.89. The van der Waals surface area contributed by atoms with Crippen molar-refractivity contribution in [3.63, 3.8) is 0 Å². The topological polar surface area (TPSA) is 70.6 Å². The van der Waals surface area contributed by atoms with Crippen LogP contribution >= 0.6 is 0 Å². The van der Waals surface area contributed by atoms with E-state index >= 15 is 0 Å². The van der Waals surface area contributed by atoms with Gasteiger partial charge in [0.1, 0.15) is 12.4 Å². The number of benzene rings is 1. The van der Waals surface area contributed by atoms with E-state index in [1.54, 1.807) is 24.3 Å². The Kier molecular flexibility index (Phi) is 5.29. The fraction of sp³-hybridized carbons (Fsp3) is 0.471. The van der Waals surface area contributed by atoms with Crippen LogP contribution in [-0.4, -0.2) is 30.4 Å². The van der Waals surface area contributed by atoms with Gasteiger partial charge in [0.05, 0.1) is 6.61 Å². The van der Waals surface area contributed by atoms with Crippen molar-refractivity contribution in [2.45, 2.75) is 32.2 Å². The van der Waals surface area contributed by atoms with E-state index in [0.29, 0.717) is 11.4 Å². The molecule has 2 rings (SSSR count). The van der Waals surface area contributed by atoms with Crippen LogP contribution in [0.4, 0.5) is 10.5 Å². The van der Waals surface area contributed by atoms with Gasteiger partial charge in [-0.2, -0.15) is 0 Å². The molecule has 1 aromatic rings. The molecule has 5 nitrogen and oxygen atoms in total. The lowest BCUT2D eigenvalue weighted by Gasteiger charge is -2.30. The minimum Gasteiger partial charge on any atom is -0.481 e. The first-order chi connectivity index (χ1) is 10.6. The van der Waals surface area contributed by atoms with Crippen molar-refractivity contribution in [3.05, 3.63) is 24.3 Å². The molecule has 22 heavy (non-hydrogen) atoms. The Bertz CT molecular complexity index is 550. The molecule has 1 saturated carbocycles. The maximum absolute atomic E-state index is 12.1. The van der Waals surface area contributed by atoms with Crippen LogP contribution in [0.15, 0.2) is 24.3 Å². The van der Waals surface area contributed by atoms with Crippen LogP contribution in [0.1, 0.15) is 26.2 Å². The fourth-order valence-electron chi connectivity index (χ4n) is 2.75. The predicted molar refractivity (Wildman–Crippen MR) is 85.8 cm³/mol. The van der Waals surface area contributed by atoms with E-state index < -0.39 is 0 Å². The van der Waals surface area contributed by atoms with Crippen LogP contribution < -0.4 is 15.4 Å². The second-order valence-electron chi connectivity index (χ2n) is 5.87. The molecule has 2 atom stereocenters. The Labute approximate surface area is 131 Å². The van der Waals surface area contributed by atoms with E-state index in [-0.39, 0.29) is 30.7 Å². The predicted octanol–water partition coefficient (Wildman–Crippen LogP) is 2.37. The first kappa shape index (κ1) is 16.2. The molecule has 1 aromatic carbocycles. The summed E-state index contributed by atoms with van der Waals surface area (Å²) < 4.78 is 5.27. The summed E-state index contributed by atoms with van der Waals surface area (Å²) in [6.07, 6.45) is 7.96. The number of terminal acetylenes is 1. The van der Waals surface area contributed by atoms with E-state index in [1.165, 1.54) is 0 Å². The molecule has 0 saturated heterocycles. The van der Waals surface area contributed by atoms with Crippen LogP contribution in [0, 0.1) is 17.8 Å². The summed E-state index contributed by atoms with van der Waals surface area (Å²) in [7, 11) is 0. The van der Waals surface area contributed by atoms with Crippen molar-refractivity contribution >= 4 is 11.7 Å². The van der Waals surface area contributed by atoms with Crippen LogP contribution in [0.3, 0.4) is 0 Å². The van der Waals surface area contributed by atoms with Gasteiger partial charge in [0.25, 0.3) is 0 Å². The number of aliphatic hydroxyl groups is 1. The van der Waals surface area contributed by atoms with Gasteiger partial charge in [-0.1, -0.05) is 19.3 Å². The number of urea groups is 1. The molecule has 0 heterocycles. The first-order valence-electron chi connectivity index (χ1n) is 7.42. The number of hydrogen-bond donors (Lipinski definition) is 3. The molecule has 0 radical (unpaired) electrons. The lowest BCUT2D eigenvalue weighted by atomic mass is 9.86. The van der Waals surface area contributed by atoms with E-state index in [0.717, 1.165) is 19.3 Å². The largest absolute Gasteiger partial charge is 0.481 e. The molecule has 1 aliphatic carbocycles. The highest BCUT2D eigenvalue weighted by atomic mass is 16.5. The van der Waals surface area contributed by atoms with Crippen molar-refractivity contribution in [1.29, 1.82) is 0 Å². The average molecular weight is 302 g/mol. The second kappa shape index (κ2) is 7.19. The third-order valence-corrected chi connectivity index (χ3v) is 4.18. The van der Waals surface area contributed by atoms with Crippen molar-refractivity contribution < 1.29 is 14.6 Å². The molecule has 3 N–H and O–H groups in total. The smallest absolute Gasteiger partial charge is 0.319 e. The zero-order valence-corrected chi connectivity index (χ0v) is 12.8. The molecule has 5 heteroatoms. The standard InChI is InChI=1S/C17H22N2O3/c1-3-11-22-14-8-6-13(7-9-14)18-16(21)19-15-5-4-10-17(15,2)12-20/h1,6-9,15,20H,4-5,10-12H2,2H3,(H2,18,19,21). The number of rotatable bonds is 5. The number of aliphatic hydroxyl groups excluding tert-OH is 1. The minimum atomic E-state index is -0.260. The Morgan fingerprint density at radius 1 is 1.50 bits per heavy atom. The number of amides is 2. The molecular weight excluding hydrogens is 280 g/mol. The Hall–Kier alpha value is -2.19. The molecule has 0 aliphatic heterocycles. The quantitative estimate of drug-likeness (QED) is 0.731. The number of ether oxygens (including phenoxy) is 1. The van der Waals surface area contributed by atoms with Crippen LogP contribution in [-0.2, 0) is 0 Å². The minimum absolute atomic E-state index is 0.00395. The van der Waals surface area contributed by atoms with Gasteiger partial charge in [-0.05, 0) is 37.1 Å². The maximum atomic E-state index is 12.1. The molecule has 0 aromatic heterocycles. The molecule has 1 aliphatic rings. The average Bonchev–Trinajstić information content (AvgIpc) is 2.88. The summed E-state index contributed by atoms with van der Waals surface area (Å²) in [4.78, 5) is 12.1. The summed E-state index contributed by atoms with van der Waals surface area (Å²) in [5, 5.41) is 15.2. The molecule has 118 valence electrons. The molecule has 1 fully saturated rings. The SMILES string of the molecule is C#CCOc1ccc(NC(=O)NC2CCCC2(C)CO)cc1. The number of hydrogen-bond acceptors (Lipinski definition) is 3. The van der Waals surface area contributed by atoms with Gasteiger partial charge >= 0.3 is 6.03 Å². The normalized spacial score (nSPS) is 23.6. The van der Waals surface area contributed by atoms with E-state index in [4.69, 9.17) is 11.2 Å². The van der Waals surface area contributed by atoms with Crippen LogP contribution in [0.25, 0.3) is 0 Å². The van der Waals surface area contributed by atoms with Gasteiger partial charge in [0.2, 0.25) is 0 Å². The maximum Gasteiger partial charge on any atom is 0.319 e. The second-order valence-corrected chi connectivity index (χ2v) is 5.87. The summed E-state index contributed by atoms with van der Waals surface area (Å²) in [5.74, 6) is 3.05. The van der Waals surface area contributed by atoms with E-state index in [1.807, 2.05) is 6.92 Å². The molecular formula is C17H22N2O3. The van der Waals surface area contributed by atoms with E-state index in [2.05, 4.69) is 16.6 Å². The lowest BCUT2D eigenvalue weighted by molar-refractivity contribution is 0.122. The molecule has 2 amide bonds. The van der Waals surface area contributed by atoms with Gasteiger partial charge in [0.15, 0.2) is 0 Å². The van der Waals surface area contributed by atoms with Crippen LogP contribution in [0.5, 0.6) is 5.75 Å².